The minimum absolute atomic E-state index is 0.0938. The van der Waals surface area contributed by atoms with Gasteiger partial charge in [0.15, 0.2) is 0 Å². The molecule has 0 atom stereocenters. The van der Waals surface area contributed by atoms with E-state index in [0.29, 0.717) is 46.8 Å². The van der Waals surface area contributed by atoms with Crippen LogP contribution in [0.15, 0.2) is 193 Å². The number of rotatable bonds is 14. The van der Waals surface area contributed by atoms with E-state index in [1.54, 1.807) is 37.2 Å². The number of carbonyl (C=O) groups excluding carboxylic acids is 4. The molecule has 4 aromatic carbocycles. The fourth-order valence-electron chi connectivity index (χ4n) is 6.95. The molecule has 404 valence electrons. The molecule has 78 heavy (non-hydrogen) atoms. The van der Waals surface area contributed by atoms with Gasteiger partial charge in [-0.1, -0.05) is 178 Å². The summed E-state index contributed by atoms with van der Waals surface area (Å²) in [5.41, 5.74) is 8.89. The first-order valence-electron chi connectivity index (χ1n) is 26.5. The summed E-state index contributed by atoms with van der Waals surface area (Å²) < 4.78 is 0. The van der Waals surface area contributed by atoms with Crippen LogP contribution >= 0.6 is 0 Å². The average Bonchev–Trinajstić information content (AvgIpc) is 4.31. The molecule has 8 rings (SSSR count). The van der Waals surface area contributed by atoms with E-state index >= 15 is 0 Å². The van der Waals surface area contributed by atoms with E-state index in [9.17, 15) is 19.2 Å². The van der Waals surface area contributed by atoms with Crippen LogP contribution in [0.1, 0.15) is 158 Å². The summed E-state index contributed by atoms with van der Waals surface area (Å²) in [6.07, 6.45) is 37.0. The van der Waals surface area contributed by atoms with Crippen LogP contribution in [0.5, 0.6) is 0 Å². The second-order valence-corrected chi connectivity index (χ2v) is 20.6. The van der Waals surface area contributed by atoms with Crippen molar-refractivity contribution in [3.63, 3.8) is 0 Å². The minimum atomic E-state index is -0.112. The van der Waals surface area contributed by atoms with Crippen molar-refractivity contribution in [2.75, 3.05) is 10.6 Å². The summed E-state index contributed by atoms with van der Waals surface area (Å²) >= 11 is 0. The molecule has 6 aromatic rings. The summed E-state index contributed by atoms with van der Waals surface area (Å²) in [6.45, 7) is 17.2. The number of amidine groups is 2. The normalized spacial score (nSPS) is 12.8. The van der Waals surface area contributed by atoms with Crippen LogP contribution in [0, 0.1) is 10.8 Å². The van der Waals surface area contributed by atoms with E-state index in [-0.39, 0.29) is 34.5 Å². The molecule has 0 radical (unpaired) electrons. The van der Waals surface area contributed by atoms with Gasteiger partial charge in [-0.3, -0.25) is 19.2 Å². The molecule has 0 saturated carbocycles. The summed E-state index contributed by atoms with van der Waals surface area (Å²) in [5, 5.41) is 11.2. The van der Waals surface area contributed by atoms with E-state index in [0.717, 1.165) is 59.3 Å². The Morgan fingerprint density at radius 1 is 0.449 bits per heavy atom. The van der Waals surface area contributed by atoms with Crippen molar-refractivity contribution in [2.24, 2.45) is 20.8 Å². The van der Waals surface area contributed by atoms with Gasteiger partial charge in [0.1, 0.15) is 11.7 Å². The van der Waals surface area contributed by atoms with Gasteiger partial charge in [0.05, 0.1) is 11.4 Å². The largest absolute Gasteiger partial charge is 0.366 e. The SMILES string of the molecule is CC(C)(C)/C=C/c1ccc(C(=O)NC2=NC=CC2)cc1.CC(C)(C)/C=C/c1ccc(C(=O)Nc2cc[nH]c2)cc1.CCC/C=C/c1ccc(C(=O)NC2=NC=CC2)cc1.CCC/C=C/c1ccc(C(=O)Nc2cc[nH]c2)cc1. The number of hydrogen-bond donors (Lipinski definition) is 6. The van der Waals surface area contributed by atoms with Gasteiger partial charge < -0.3 is 31.2 Å². The maximum absolute atomic E-state index is 12.0. The fourth-order valence-corrected chi connectivity index (χ4v) is 6.95. The predicted octanol–water partition coefficient (Wildman–Crippen LogP) is 15.7. The van der Waals surface area contributed by atoms with Crippen molar-refractivity contribution >= 4 is 71.0 Å². The highest BCUT2D eigenvalue weighted by Gasteiger charge is 2.12. The number of benzene rings is 4. The second-order valence-electron chi connectivity index (χ2n) is 20.6. The number of aromatic nitrogens is 2. The van der Waals surface area contributed by atoms with E-state index < -0.39 is 0 Å². The maximum atomic E-state index is 12.0. The van der Waals surface area contributed by atoms with Crippen LogP contribution in [-0.4, -0.2) is 45.3 Å². The molecule has 0 spiro atoms. The van der Waals surface area contributed by atoms with Gasteiger partial charge in [-0.15, -0.1) is 0 Å². The first kappa shape index (κ1) is 60.0. The van der Waals surface area contributed by atoms with E-state index in [1.165, 1.54) is 0 Å². The minimum Gasteiger partial charge on any atom is -0.366 e. The molecule has 2 aromatic heterocycles. The summed E-state index contributed by atoms with van der Waals surface area (Å²) in [7, 11) is 0. The molecule has 6 N–H and O–H groups in total. The zero-order valence-corrected chi connectivity index (χ0v) is 46.4. The fraction of sp³-hybridized carbons (Fsp3) is 0.242. The lowest BCUT2D eigenvalue weighted by atomic mass is 9.95. The molecule has 0 unspecified atom stereocenters. The number of hydrogen-bond acceptors (Lipinski definition) is 6. The lowest BCUT2D eigenvalue weighted by molar-refractivity contribution is 0.0968. The molecule has 2 aliphatic rings. The summed E-state index contributed by atoms with van der Waals surface area (Å²) in [5.74, 6) is 0.994. The number of anilines is 2. The van der Waals surface area contributed by atoms with Crippen LogP contribution in [0.4, 0.5) is 11.4 Å². The smallest absolute Gasteiger partial charge is 0.256 e. The standard InChI is InChI=1S/2C17H20N2O.2C16H18N2O/c1-17(2,3)10-8-13-4-6-14(7-5-13)16(20)19-15-9-11-18-12-15;1-17(2,3)11-10-13-6-8-14(9-7-13)16(20)19-15-5-4-12-18-15;1-2-3-4-6-13-8-10-14(11-9-13)16(19)18-15-7-5-12-17-15;1-2-3-4-5-13-6-8-14(9-7-13)16(19)18-15-10-11-17-12-15/h4-12,18H,1-3H3,(H,19,20);4,6-12H,5H2,1-3H3,(H,18,19,20);4-6,8-12H,2-3,7H2,1H3,(H,17,18,19);4-12,17H,2-3H2,1H3,(H,18,19)/b10-8+;11-10+;6-4+;5-4+. The number of nitrogens with one attached hydrogen (secondary N) is 6. The van der Waals surface area contributed by atoms with Gasteiger partial charge in [-0.2, -0.15) is 0 Å². The number of aromatic amines is 2. The van der Waals surface area contributed by atoms with Crippen LogP contribution in [-0.2, 0) is 0 Å². The van der Waals surface area contributed by atoms with Crippen LogP contribution in [0.2, 0.25) is 0 Å². The van der Waals surface area contributed by atoms with Gasteiger partial charge in [-0.25, -0.2) is 9.98 Å². The number of carbonyl (C=O) groups is 4. The number of nitrogens with zero attached hydrogens (tertiary/aromatic N) is 2. The molecule has 0 bridgehead atoms. The third kappa shape index (κ3) is 22.9. The van der Waals surface area contributed by atoms with Crippen molar-refractivity contribution in [1.29, 1.82) is 0 Å². The van der Waals surface area contributed by atoms with Crippen molar-refractivity contribution in [2.45, 2.75) is 93.9 Å². The van der Waals surface area contributed by atoms with Gasteiger partial charge >= 0.3 is 0 Å². The first-order valence-corrected chi connectivity index (χ1v) is 26.5. The molecular formula is C66H76N8O4. The Kier molecular flexibility index (Phi) is 24.0. The van der Waals surface area contributed by atoms with Crippen molar-refractivity contribution in [3.8, 4) is 0 Å². The topological polar surface area (TPSA) is 173 Å². The molecule has 4 heterocycles. The highest BCUT2D eigenvalue weighted by molar-refractivity contribution is 6.08. The average molecular weight is 1050 g/mol. The van der Waals surface area contributed by atoms with Crippen molar-refractivity contribution < 1.29 is 19.2 Å². The van der Waals surface area contributed by atoms with E-state index in [1.807, 2.05) is 121 Å². The van der Waals surface area contributed by atoms with Gasteiger partial charge in [0.25, 0.3) is 23.6 Å². The molecule has 4 amide bonds. The molecular weight excluding hydrogens is 969 g/mol. The Morgan fingerprint density at radius 2 is 0.756 bits per heavy atom. The number of amides is 4. The molecule has 0 aliphatic carbocycles. The number of allylic oxidation sites excluding steroid dienone is 4. The lowest BCUT2D eigenvalue weighted by Crippen LogP contribution is -2.29. The monoisotopic (exact) mass is 1040 g/mol. The maximum Gasteiger partial charge on any atom is 0.256 e. The predicted molar refractivity (Wildman–Crippen MR) is 325 cm³/mol. The Balaban J connectivity index is 0.000000192. The number of unbranched alkanes of at least 4 members (excludes halogenated alkanes) is 2. The third-order valence-electron chi connectivity index (χ3n) is 11.3. The van der Waals surface area contributed by atoms with Crippen LogP contribution < -0.4 is 21.3 Å². The Morgan fingerprint density at radius 3 is 1.01 bits per heavy atom. The Hall–Kier alpha value is -8.90. The third-order valence-corrected chi connectivity index (χ3v) is 11.3. The molecule has 12 heteroatoms. The molecule has 0 fully saturated rings. The van der Waals surface area contributed by atoms with Crippen LogP contribution in [0.25, 0.3) is 24.3 Å². The first-order chi connectivity index (χ1) is 37.5. The number of H-pyrrole nitrogens is 2. The highest BCUT2D eigenvalue weighted by atomic mass is 16.2. The van der Waals surface area contributed by atoms with E-state index in [4.69, 9.17) is 0 Å². The van der Waals surface area contributed by atoms with Gasteiger partial charge in [-0.05, 0) is 107 Å². The quantitative estimate of drug-likeness (QED) is 0.0638. The zero-order valence-electron chi connectivity index (χ0n) is 46.4. The van der Waals surface area contributed by atoms with Gasteiger partial charge in [0.2, 0.25) is 0 Å². The molecule has 0 saturated heterocycles. The molecule has 12 nitrogen and oxygen atoms in total. The van der Waals surface area contributed by atoms with Crippen molar-refractivity contribution in [3.05, 3.63) is 227 Å². The lowest BCUT2D eigenvalue weighted by Gasteiger charge is -2.11. The van der Waals surface area contributed by atoms with Gasteiger partial charge in [0, 0.05) is 72.3 Å². The molecule has 2 aliphatic heterocycles. The summed E-state index contributed by atoms with van der Waals surface area (Å²) in [4.78, 5) is 61.8. The van der Waals surface area contributed by atoms with Crippen molar-refractivity contribution in [1.82, 2.24) is 20.6 Å². The highest BCUT2D eigenvalue weighted by Crippen LogP contribution is 2.20. The Labute approximate surface area is 461 Å². The van der Waals surface area contributed by atoms with Crippen LogP contribution in [0.3, 0.4) is 0 Å². The Bertz CT molecular complexity index is 3070. The van der Waals surface area contributed by atoms with E-state index in [2.05, 4.69) is 145 Å². The summed E-state index contributed by atoms with van der Waals surface area (Å²) in [6, 6.07) is 34.0. The zero-order chi connectivity index (χ0) is 56.2. The number of aliphatic imine (C=N–C) groups is 2. The second kappa shape index (κ2) is 31.2.